The second kappa shape index (κ2) is 9.54. The van der Waals surface area contributed by atoms with Crippen molar-refractivity contribution in [3.05, 3.63) is 23.8 Å². The summed E-state index contributed by atoms with van der Waals surface area (Å²) in [5.41, 5.74) is 0.812. The highest BCUT2D eigenvalue weighted by molar-refractivity contribution is 5.76. The normalized spacial score (nSPS) is 39.2. The number of aliphatic hydroxyl groups is 2. The molecule has 8 atom stereocenters. The first-order chi connectivity index (χ1) is 14.1. The second-order valence-corrected chi connectivity index (χ2v) is 10.4. The molecule has 3 aliphatic rings. The summed E-state index contributed by atoms with van der Waals surface area (Å²) in [6.45, 7) is 10.4. The van der Waals surface area contributed by atoms with Gasteiger partial charge in [0, 0.05) is 12.3 Å². The van der Waals surface area contributed by atoms with Crippen molar-refractivity contribution < 1.29 is 24.5 Å². The van der Waals surface area contributed by atoms with E-state index in [1.165, 1.54) is 5.57 Å². The van der Waals surface area contributed by atoms with Gasteiger partial charge in [-0.3, -0.25) is 4.79 Å². The first kappa shape index (κ1) is 23.5. The molecule has 1 unspecified atom stereocenters. The predicted octanol–water partition coefficient (Wildman–Crippen LogP) is 4.38. The summed E-state index contributed by atoms with van der Waals surface area (Å²) in [5, 5.41) is 19.8. The molecule has 2 N–H and O–H groups in total. The van der Waals surface area contributed by atoms with Crippen molar-refractivity contribution in [2.45, 2.75) is 97.7 Å². The summed E-state index contributed by atoms with van der Waals surface area (Å²) >= 11 is 0. The van der Waals surface area contributed by atoms with Gasteiger partial charge in [0.15, 0.2) is 6.29 Å². The summed E-state index contributed by atoms with van der Waals surface area (Å²) in [4.78, 5) is 12.9. The van der Waals surface area contributed by atoms with Gasteiger partial charge in [0.05, 0.1) is 17.6 Å². The molecular formula is C25H40O5. The zero-order valence-corrected chi connectivity index (χ0v) is 19.2. The van der Waals surface area contributed by atoms with Gasteiger partial charge in [-0.2, -0.15) is 0 Å². The van der Waals surface area contributed by atoms with E-state index in [1.54, 1.807) is 0 Å². The molecular weight excluding hydrogens is 380 g/mol. The minimum absolute atomic E-state index is 0.105. The van der Waals surface area contributed by atoms with Gasteiger partial charge in [-0.05, 0) is 69.3 Å². The van der Waals surface area contributed by atoms with E-state index in [4.69, 9.17) is 9.47 Å². The number of ether oxygens (including phenoxy) is 2. The maximum atomic E-state index is 12.9. The van der Waals surface area contributed by atoms with Crippen molar-refractivity contribution in [3.8, 4) is 0 Å². The zero-order valence-electron chi connectivity index (χ0n) is 19.2. The third-order valence-corrected chi connectivity index (χ3v) is 7.47. The van der Waals surface area contributed by atoms with Crippen LogP contribution in [0.15, 0.2) is 23.8 Å². The Kier molecular flexibility index (Phi) is 7.47. The highest BCUT2D eigenvalue weighted by Crippen LogP contribution is 2.45. The van der Waals surface area contributed by atoms with Crippen LogP contribution in [0.2, 0.25) is 0 Å². The second-order valence-electron chi connectivity index (χ2n) is 10.4. The molecule has 5 heteroatoms. The highest BCUT2D eigenvalue weighted by atomic mass is 16.6. The minimum Gasteiger partial charge on any atom is -0.461 e. The average Bonchev–Trinajstić information content (AvgIpc) is 2.66. The lowest BCUT2D eigenvalue weighted by atomic mass is 9.65. The van der Waals surface area contributed by atoms with Gasteiger partial charge in [0.25, 0.3) is 0 Å². The van der Waals surface area contributed by atoms with Crippen LogP contribution in [0.5, 0.6) is 0 Å². The molecule has 0 aromatic heterocycles. The van der Waals surface area contributed by atoms with Crippen LogP contribution >= 0.6 is 0 Å². The molecule has 1 aliphatic heterocycles. The molecule has 5 nitrogen and oxygen atoms in total. The van der Waals surface area contributed by atoms with Crippen LogP contribution < -0.4 is 0 Å². The van der Waals surface area contributed by atoms with E-state index >= 15 is 0 Å². The molecule has 1 saturated heterocycles. The van der Waals surface area contributed by atoms with E-state index in [9.17, 15) is 15.0 Å². The summed E-state index contributed by atoms with van der Waals surface area (Å²) in [6, 6.07) is 0. The lowest BCUT2D eigenvalue weighted by Gasteiger charge is -2.44. The number of carbonyl (C=O) groups excluding carboxylic acids is 1. The molecule has 3 rings (SSSR count). The highest BCUT2D eigenvalue weighted by Gasteiger charge is 2.43. The number of fused-ring (bicyclic) bond motifs is 1. The van der Waals surface area contributed by atoms with Crippen LogP contribution in [0.1, 0.15) is 73.1 Å². The van der Waals surface area contributed by atoms with E-state index in [0.717, 1.165) is 25.7 Å². The number of esters is 1. The number of allylic oxidation sites excluding steroid dienone is 3. The monoisotopic (exact) mass is 420 g/mol. The van der Waals surface area contributed by atoms with Crippen LogP contribution in [0.25, 0.3) is 0 Å². The fourth-order valence-corrected chi connectivity index (χ4v) is 5.19. The minimum atomic E-state index is -0.876. The maximum Gasteiger partial charge on any atom is 0.311 e. The molecule has 1 heterocycles. The Bertz CT molecular complexity index is 656. The Balaban J connectivity index is 1.75. The molecule has 2 aliphatic carbocycles. The van der Waals surface area contributed by atoms with Gasteiger partial charge in [-0.25, -0.2) is 0 Å². The van der Waals surface area contributed by atoms with Crippen LogP contribution in [0.3, 0.4) is 0 Å². The van der Waals surface area contributed by atoms with Crippen LogP contribution in [-0.2, 0) is 14.3 Å². The Hall–Kier alpha value is -1.17. The van der Waals surface area contributed by atoms with E-state index in [2.05, 4.69) is 32.1 Å². The van der Waals surface area contributed by atoms with Crippen molar-refractivity contribution in [2.75, 3.05) is 0 Å². The van der Waals surface area contributed by atoms with Crippen molar-refractivity contribution >= 4 is 5.97 Å². The van der Waals surface area contributed by atoms with Gasteiger partial charge in [-0.15, -0.1) is 0 Å². The van der Waals surface area contributed by atoms with Gasteiger partial charge in [-0.1, -0.05) is 39.0 Å². The standard InChI is InChI=1S/C25H40O5/c1-6-25(4,5)24(28)30-21-12-15(2)11-17-8-7-16(3)20(23(17)21)10-9-19-13-18(26)14-22(27)29-19/h7-8,11,15-16,18-23,26-27H,6,9-10,12-14H2,1-5H3/t15-,16-,18+,19+,20-,21-,22?,23-/m0/s1. The van der Waals surface area contributed by atoms with Crippen molar-refractivity contribution in [2.24, 2.45) is 29.1 Å². The van der Waals surface area contributed by atoms with Crippen LogP contribution in [0, 0.1) is 29.1 Å². The van der Waals surface area contributed by atoms with E-state index in [-0.39, 0.29) is 30.5 Å². The molecule has 0 radical (unpaired) electrons. The summed E-state index contributed by atoms with van der Waals surface area (Å²) in [7, 11) is 0. The Morgan fingerprint density at radius 2 is 1.93 bits per heavy atom. The Morgan fingerprint density at radius 1 is 1.20 bits per heavy atom. The van der Waals surface area contributed by atoms with Crippen LogP contribution in [0.4, 0.5) is 0 Å². The smallest absolute Gasteiger partial charge is 0.311 e. The molecule has 0 amide bonds. The lowest BCUT2D eigenvalue weighted by Crippen LogP contribution is -2.43. The molecule has 0 aromatic rings. The van der Waals surface area contributed by atoms with E-state index in [0.29, 0.717) is 24.2 Å². The number of rotatable bonds is 6. The topological polar surface area (TPSA) is 76.0 Å². The third-order valence-electron chi connectivity index (χ3n) is 7.47. The molecule has 0 saturated carbocycles. The SMILES string of the molecule is CCC(C)(C)C(=O)O[C@H]1C[C@@H](C)C=C2C=C[C@H](C)[C@H](CC[C@@H]3C[C@@H](O)CC(O)O3)[C@H]21. The molecule has 0 bridgehead atoms. The first-order valence-corrected chi connectivity index (χ1v) is 11.7. The molecule has 30 heavy (non-hydrogen) atoms. The van der Waals surface area contributed by atoms with Crippen molar-refractivity contribution in [3.63, 3.8) is 0 Å². The fraction of sp³-hybridized carbons (Fsp3) is 0.800. The van der Waals surface area contributed by atoms with Crippen LogP contribution in [-0.4, -0.2) is 40.8 Å². The molecule has 170 valence electrons. The van der Waals surface area contributed by atoms with Gasteiger partial charge in [0.1, 0.15) is 6.10 Å². The Morgan fingerprint density at radius 3 is 2.60 bits per heavy atom. The summed E-state index contributed by atoms with van der Waals surface area (Å²) < 4.78 is 11.8. The average molecular weight is 421 g/mol. The summed E-state index contributed by atoms with van der Waals surface area (Å²) in [6.07, 6.45) is 9.38. The third kappa shape index (κ3) is 5.35. The first-order valence-electron chi connectivity index (χ1n) is 11.7. The molecule has 0 aromatic carbocycles. The summed E-state index contributed by atoms with van der Waals surface area (Å²) in [5.74, 6) is 1.18. The predicted molar refractivity (Wildman–Crippen MR) is 116 cm³/mol. The maximum absolute atomic E-state index is 12.9. The number of carbonyl (C=O) groups is 1. The van der Waals surface area contributed by atoms with Gasteiger partial charge in [0.2, 0.25) is 0 Å². The van der Waals surface area contributed by atoms with E-state index in [1.807, 2.05) is 20.8 Å². The van der Waals surface area contributed by atoms with Crippen molar-refractivity contribution in [1.82, 2.24) is 0 Å². The largest absolute Gasteiger partial charge is 0.461 e. The Labute approximate surface area is 181 Å². The fourth-order valence-electron chi connectivity index (χ4n) is 5.19. The molecule has 0 spiro atoms. The van der Waals surface area contributed by atoms with Gasteiger partial charge >= 0.3 is 5.97 Å². The van der Waals surface area contributed by atoms with Gasteiger partial charge < -0.3 is 19.7 Å². The lowest BCUT2D eigenvalue weighted by molar-refractivity contribution is -0.191. The zero-order chi connectivity index (χ0) is 22.1. The number of hydrogen-bond donors (Lipinski definition) is 2. The number of hydrogen-bond acceptors (Lipinski definition) is 5. The number of aliphatic hydroxyl groups excluding tert-OH is 2. The molecule has 1 fully saturated rings. The quantitative estimate of drug-likeness (QED) is 0.624. The van der Waals surface area contributed by atoms with Crippen molar-refractivity contribution in [1.29, 1.82) is 0 Å². The van der Waals surface area contributed by atoms with E-state index < -0.39 is 17.8 Å².